The maximum absolute atomic E-state index is 12.7. The molecule has 0 saturated carbocycles. The fraction of sp³-hybridized carbons (Fsp3) is 0.500. The van der Waals surface area contributed by atoms with Gasteiger partial charge in [0.25, 0.3) is 5.69 Å². The Kier molecular flexibility index (Phi) is 4.97. The molecule has 0 spiro atoms. The monoisotopic (exact) mass is 377 g/mol. The average Bonchev–Trinajstić information content (AvgIpc) is 2.47. The van der Waals surface area contributed by atoms with Gasteiger partial charge < -0.3 is 5.32 Å². The van der Waals surface area contributed by atoms with Crippen molar-refractivity contribution in [1.29, 1.82) is 0 Å². The highest BCUT2D eigenvalue weighted by atomic mass is 79.9. The third-order valence-electron chi connectivity index (χ3n) is 3.60. The summed E-state index contributed by atoms with van der Waals surface area (Å²) in [4.78, 5) is 10.2. The molecule has 1 aromatic carbocycles. The molecule has 0 atom stereocenters. The third-order valence-corrected chi connectivity index (χ3v) is 6.05. The first kappa shape index (κ1) is 16.3. The quantitative estimate of drug-likeness (QED) is 0.636. The van der Waals surface area contributed by atoms with Crippen LogP contribution in [0.4, 0.5) is 5.69 Å². The standard InChI is InChI=1S/C12H16BrN3O4S/c1-15(10-4-6-14-7-5-10)21(19,20)12-3-2-9(13)8-11(12)16(17)18/h2-3,8,10,14H,4-7H2,1H3. The van der Waals surface area contributed by atoms with Crippen molar-refractivity contribution in [3.05, 3.63) is 32.8 Å². The van der Waals surface area contributed by atoms with Gasteiger partial charge in [0.1, 0.15) is 0 Å². The lowest BCUT2D eigenvalue weighted by Crippen LogP contribution is -2.43. The molecular formula is C12H16BrN3O4S. The Bertz CT molecular complexity index is 644. The Morgan fingerprint density at radius 1 is 1.38 bits per heavy atom. The second-order valence-corrected chi connectivity index (χ2v) is 7.75. The highest BCUT2D eigenvalue weighted by molar-refractivity contribution is 9.10. The number of hydrogen-bond donors (Lipinski definition) is 1. The van der Waals surface area contributed by atoms with Gasteiger partial charge in [-0.15, -0.1) is 0 Å². The van der Waals surface area contributed by atoms with E-state index in [0.717, 1.165) is 13.1 Å². The molecule has 1 saturated heterocycles. The van der Waals surface area contributed by atoms with Crippen LogP contribution in [0.3, 0.4) is 0 Å². The van der Waals surface area contributed by atoms with Gasteiger partial charge in [0.15, 0.2) is 4.90 Å². The Labute approximate surface area is 131 Å². The van der Waals surface area contributed by atoms with Crippen molar-refractivity contribution >= 4 is 31.6 Å². The van der Waals surface area contributed by atoms with E-state index in [1.54, 1.807) is 0 Å². The van der Waals surface area contributed by atoms with Gasteiger partial charge in [-0.2, -0.15) is 4.31 Å². The summed E-state index contributed by atoms with van der Waals surface area (Å²) in [5.74, 6) is 0. The van der Waals surface area contributed by atoms with Gasteiger partial charge in [0.05, 0.1) is 4.92 Å². The zero-order chi connectivity index (χ0) is 15.6. The highest BCUT2D eigenvalue weighted by Crippen LogP contribution is 2.30. The van der Waals surface area contributed by atoms with E-state index in [0.29, 0.717) is 17.3 Å². The van der Waals surface area contributed by atoms with E-state index in [4.69, 9.17) is 0 Å². The normalized spacial score (nSPS) is 17.1. The minimum atomic E-state index is -3.89. The largest absolute Gasteiger partial charge is 0.317 e. The number of nitro groups is 1. The average molecular weight is 378 g/mol. The maximum Gasteiger partial charge on any atom is 0.290 e. The van der Waals surface area contributed by atoms with E-state index in [-0.39, 0.29) is 10.9 Å². The van der Waals surface area contributed by atoms with E-state index < -0.39 is 20.6 Å². The van der Waals surface area contributed by atoms with Crippen LogP contribution in [-0.4, -0.2) is 43.8 Å². The van der Waals surface area contributed by atoms with E-state index >= 15 is 0 Å². The Hall–Kier alpha value is -1.03. The Morgan fingerprint density at radius 2 is 2.00 bits per heavy atom. The lowest BCUT2D eigenvalue weighted by molar-refractivity contribution is -0.387. The number of nitro benzene ring substituents is 1. The third kappa shape index (κ3) is 3.42. The molecule has 7 nitrogen and oxygen atoms in total. The van der Waals surface area contributed by atoms with Gasteiger partial charge in [-0.25, -0.2) is 8.42 Å². The van der Waals surface area contributed by atoms with Crippen molar-refractivity contribution in [1.82, 2.24) is 9.62 Å². The molecule has 0 radical (unpaired) electrons. The molecule has 9 heteroatoms. The van der Waals surface area contributed by atoms with Crippen LogP contribution >= 0.6 is 15.9 Å². The first-order valence-electron chi connectivity index (χ1n) is 6.46. The second-order valence-electron chi connectivity index (χ2n) is 4.87. The van der Waals surface area contributed by atoms with Crippen LogP contribution in [0.2, 0.25) is 0 Å². The maximum atomic E-state index is 12.7. The van der Waals surface area contributed by atoms with Gasteiger partial charge >= 0.3 is 0 Å². The molecule has 0 unspecified atom stereocenters. The van der Waals surface area contributed by atoms with Gasteiger partial charge in [0, 0.05) is 23.6 Å². The summed E-state index contributed by atoms with van der Waals surface area (Å²) >= 11 is 3.12. The topological polar surface area (TPSA) is 92.6 Å². The SMILES string of the molecule is CN(C1CCNCC1)S(=O)(=O)c1ccc(Br)cc1[N+](=O)[O-]. The van der Waals surface area contributed by atoms with Gasteiger partial charge in [-0.05, 0) is 38.1 Å². The molecule has 1 aromatic rings. The Morgan fingerprint density at radius 3 is 2.57 bits per heavy atom. The molecule has 0 bridgehead atoms. The molecule has 21 heavy (non-hydrogen) atoms. The van der Waals surface area contributed by atoms with Crippen molar-refractivity contribution < 1.29 is 13.3 Å². The number of piperidine rings is 1. The van der Waals surface area contributed by atoms with E-state index in [1.807, 2.05) is 0 Å². The van der Waals surface area contributed by atoms with Gasteiger partial charge in [-0.3, -0.25) is 10.1 Å². The van der Waals surface area contributed by atoms with Crippen molar-refractivity contribution in [3.8, 4) is 0 Å². The van der Waals surface area contributed by atoms with Crippen molar-refractivity contribution in [2.75, 3.05) is 20.1 Å². The van der Waals surface area contributed by atoms with E-state index in [2.05, 4.69) is 21.2 Å². The van der Waals surface area contributed by atoms with Crippen molar-refractivity contribution in [2.24, 2.45) is 0 Å². The van der Waals surface area contributed by atoms with Crippen LogP contribution in [0.15, 0.2) is 27.6 Å². The minimum absolute atomic E-state index is 0.139. The predicted octanol–water partition coefficient (Wildman–Crippen LogP) is 1.73. The molecule has 0 aliphatic carbocycles. The summed E-state index contributed by atoms with van der Waals surface area (Å²) in [5, 5.41) is 14.3. The predicted molar refractivity (Wildman–Crippen MR) is 81.6 cm³/mol. The molecular weight excluding hydrogens is 362 g/mol. The van der Waals surface area contributed by atoms with Crippen LogP contribution in [0, 0.1) is 10.1 Å². The molecule has 0 amide bonds. The highest BCUT2D eigenvalue weighted by Gasteiger charge is 2.34. The summed E-state index contributed by atoms with van der Waals surface area (Å²) in [5.41, 5.74) is -0.412. The second kappa shape index (κ2) is 6.39. The first-order chi connectivity index (χ1) is 9.84. The molecule has 1 fully saturated rings. The molecule has 2 rings (SSSR count). The summed E-state index contributed by atoms with van der Waals surface area (Å²) in [6.45, 7) is 1.49. The lowest BCUT2D eigenvalue weighted by Gasteiger charge is -2.30. The molecule has 0 aromatic heterocycles. The van der Waals surface area contributed by atoms with Crippen LogP contribution in [0.5, 0.6) is 0 Å². The molecule has 1 N–H and O–H groups in total. The zero-order valence-electron chi connectivity index (χ0n) is 11.5. The summed E-state index contributed by atoms with van der Waals surface area (Å²) < 4.78 is 27.0. The fourth-order valence-electron chi connectivity index (χ4n) is 2.37. The van der Waals surface area contributed by atoms with Gasteiger partial charge in [0.2, 0.25) is 10.0 Å². The smallest absolute Gasteiger partial charge is 0.290 e. The zero-order valence-corrected chi connectivity index (χ0v) is 13.9. The molecule has 1 heterocycles. The van der Waals surface area contributed by atoms with Gasteiger partial charge in [-0.1, -0.05) is 15.9 Å². The number of benzene rings is 1. The number of sulfonamides is 1. The first-order valence-corrected chi connectivity index (χ1v) is 8.70. The van der Waals surface area contributed by atoms with Crippen LogP contribution in [0.1, 0.15) is 12.8 Å². The minimum Gasteiger partial charge on any atom is -0.317 e. The van der Waals surface area contributed by atoms with Crippen molar-refractivity contribution in [3.63, 3.8) is 0 Å². The molecule has 1 aliphatic heterocycles. The molecule has 1 aliphatic rings. The van der Waals surface area contributed by atoms with Crippen LogP contribution in [0.25, 0.3) is 0 Å². The number of halogens is 1. The fourth-order valence-corrected chi connectivity index (χ4v) is 4.27. The summed E-state index contributed by atoms with van der Waals surface area (Å²) in [7, 11) is -2.40. The van der Waals surface area contributed by atoms with Crippen LogP contribution < -0.4 is 5.32 Å². The lowest BCUT2D eigenvalue weighted by atomic mass is 10.1. The number of nitrogens with zero attached hydrogens (tertiary/aromatic N) is 2. The number of nitrogens with one attached hydrogen (secondary N) is 1. The molecule has 116 valence electrons. The number of rotatable bonds is 4. The van der Waals surface area contributed by atoms with E-state index in [9.17, 15) is 18.5 Å². The summed E-state index contributed by atoms with van der Waals surface area (Å²) in [6.07, 6.45) is 1.39. The number of hydrogen-bond acceptors (Lipinski definition) is 5. The van der Waals surface area contributed by atoms with Crippen LogP contribution in [-0.2, 0) is 10.0 Å². The van der Waals surface area contributed by atoms with Crippen molar-refractivity contribution in [2.45, 2.75) is 23.8 Å². The summed E-state index contributed by atoms with van der Waals surface area (Å²) in [6, 6.07) is 3.84. The Balaban J connectivity index is 2.41. The van der Waals surface area contributed by atoms with E-state index in [1.165, 1.54) is 29.6 Å².